The first-order chi connectivity index (χ1) is 13.2. The number of nitrogens with two attached hydrogens (primary N) is 1. The second kappa shape index (κ2) is 7.67. The van der Waals surface area contributed by atoms with Gasteiger partial charge in [-0.2, -0.15) is 0 Å². The molecule has 0 atom stereocenters. The van der Waals surface area contributed by atoms with E-state index in [1.165, 1.54) is 17.3 Å². The standard InChI is InChI=1S/C20H19N5OS/c1-26-15-8-5-9-16(12-15)27-20-23-17-18(21)22-13-25(19(17)24-20)11-10-14-6-3-2-4-7-14/h2-9,12-13H,10-11H2,1H3,(H2,21,23,24)/p+1. The molecule has 2 aromatic carbocycles. The van der Waals surface area contributed by atoms with Crippen LogP contribution in [0.15, 0.2) is 71.0 Å². The van der Waals surface area contributed by atoms with Gasteiger partial charge in [0.1, 0.15) is 5.75 Å². The fraction of sp³-hybridized carbons (Fsp3) is 0.150. The Balaban J connectivity index is 1.61. The maximum absolute atomic E-state index is 6.06. The quantitative estimate of drug-likeness (QED) is 0.504. The van der Waals surface area contributed by atoms with E-state index >= 15 is 0 Å². The van der Waals surface area contributed by atoms with Crippen LogP contribution in [0.1, 0.15) is 5.56 Å². The first kappa shape index (κ1) is 17.4. The third kappa shape index (κ3) is 3.88. The van der Waals surface area contributed by atoms with Gasteiger partial charge in [-0.25, -0.2) is 4.57 Å². The number of hydrogen-bond donors (Lipinski definition) is 2. The highest BCUT2D eigenvalue weighted by Gasteiger charge is 2.19. The molecular formula is C20H20N5OS+. The van der Waals surface area contributed by atoms with Gasteiger partial charge in [0.25, 0.3) is 5.65 Å². The lowest BCUT2D eigenvalue weighted by Crippen LogP contribution is -2.36. The SMILES string of the molecule is COc1cccc(Sc2nc3c([nH]2)c(N)nc[n+]3CCc2ccccc2)c1. The zero-order valence-corrected chi connectivity index (χ0v) is 15.7. The van der Waals surface area contributed by atoms with Gasteiger partial charge in [-0.05, 0) is 35.5 Å². The largest absolute Gasteiger partial charge is 0.497 e. The van der Waals surface area contributed by atoms with Crippen LogP contribution in [0.4, 0.5) is 5.82 Å². The Morgan fingerprint density at radius 1 is 1.15 bits per heavy atom. The molecule has 0 saturated carbocycles. The predicted molar refractivity (Wildman–Crippen MR) is 106 cm³/mol. The average molecular weight is 378 g/mol. The van der Waals surface area contributed by atoms with Crippen molar-refractivity contribution in [2.45, 2.75) is 23.0 Å². The molecule has 7 heteroatoms. The number of imidazole rings is 1. The van der Waals surface area contributed by atoms with Crippen LogP contribution in [0.2, 0.25) is 0 Å². The van der Waals surface area contributed by atoms with E-state index in [2.05, 4.69) is 22.1 Å². The van der Waals surface area contributed by atoms with Gasteiger partial charge in [0.15, 0.2) is 5.52 Å². The fourth-order valence-corrected chi connectivity index (χ4v) is 3.69. The van der Waals surface area contributed by atoms with Crippen LogP contribution in [-0.2, 0) is 13.0 Å². The summed E-state index contributed by atoms with van der Waals surface area (Å²) in [5.41, 5.74) is 8.90. The number of nitrogen functional groups attached to an aromatic ring is 1. The molecule has 0 bridgehead atoms. The van der Waals surface area contributed by atoms with E-state index in [-0.39, 0.29) is 0 Å². The maximum atomic E-state index is 6.06. The Bertz CT molecular complexity index is 1060. The summed E-state index contributed by atoms with van der Waals surface area (Å²) < 4.78 is 7.32. The summed E-state index contributed by atoms with van der Waals surface area (Å²) in [7, 11) is 1.66. The molecule has 0 aliphatic carbocycles. The third-order valence-corrected chi connectivity index (χ3v) is 5.14. The molecule has 0 aliphatic rings. The molecule has 6 nitrogen and oxygen atoms in total. The second-order valence-electron chi connectivity index (χ2n) is 6.08. The van der Waals surface area contributed by atoms with Crippen LogP contribution in [0.5, 0.6) is 5.75 Å². The molecular weight excluding hydrogens is 358 g/mol. The number of hydrogen-bond acceptors (Lipinski definition) is 5. The molecule has 4 rings (SSSR count). The summed E-state index contributed by atoms with van der Waals surface area (Å²) in [6, 6.07) is 18.2. The summed E-state index contributed by atoms with van der Waals surface area (Å²) >= 11 is 1.53. The minimum atomic E-state index is 0.450. The minimum absolute atomic E-state index is 0.450. The topological polar surface area (TPSA) is 80.7 Å². The van der Waals surface area contributed by atoms with E-state index in [4.69, 9.17) is 15.5 Å². The average Bonchev–Trinajstić information content (AvgIpc) is 3.13. The number of methoxy groups -OCH3 is 1. The number of nitrogens with one attached hydrogen (secondary N) is 1. The Kier molecular flexibility index (Phi) is 4.93. The molecule has 0 fully saturated rings. The van der Waals surface area contributed by atoms with Crippen molar-refractivity contribution in [3.63, 3.8) is 0 Å². The van der Waals surface area contributed by atoms with Gasteiger partial charge in [-0.15, -0.1) is 0 Å². The number of benzene rings is 2. The van der Waals surface area contributed by atoms with E-state index < -0.39 is 0 Å². The number of ether oxygens (including phenoxy) is 1. The van der Waals surface area contributed by atoms with Crippen LogP contribution in [0.25, 0.3) is 11.2 Å². The molecule has 0 saturated heterocycles. The molecule has 136 valence electrons. The van der Waals surface area contributed by atoms with Crippen molar-refractivity contribution in [2.75, 3.05) is 12.8 Å². The van der Waals surface area contributed by atoms with Gasteiger partial charge in [-0.1, -0.05) is 46.4 Å². The molecule has 2 aromatic heterocycles. The molecule has 2 heterocycles. The summed E-state index contributed by atoms with van der Waals surface area (Å²) in [5, 5.41) is 0.770. The number of aromatic amines is 1. The van der Waals surface area contributed by atoms with Crippen LogP contribution >= 0.6 is 11.8 Å². The number of H-pyrrole nitrogens is 1. The summed E-state index contributed by atoms with van der Waals surface area (Å²) in [6.45, 7) is 0.780. The zero-order valence-electron chi connectivity index (χ0n) is 14.9. The van der Waals surface area contributed by atoms with E-state index in [0.717, 1.165) is 39.9 Å². The van der Waals surface area contributed by atoms with Crippen molar-refractivity contribution in [3.05, 3.63) is 66.5 Å². The first-order valence-electron chi connectivity index (χ1n) is 8.62. The van der Waals surface area contributed by atoms with E-state index in [1.807, 2.05) is 47.0 Å². The lowest BCUT2D eigenvalue weighted by Gasteiger charge is -2.02. The number of nitrogens with zero attached hydrogens (tertiary/aromatic N) is 3. The van der Waals surface area contributed by atoms with Crippen molar-refractivity contribution in [1.29, 1.82) is 0 Å². The molecule has 0 aliphatic heterocycles. The van der Waals surface area contributed by atoms with Crippen LogP contribution in [-0.4, -0.2) is 22.1 Å². The van der Waals surface area contributed by atoms with Gasteiger partial charge in [0.2, 0.25) is 17.3 Å². The zero-order chi connectivity index (χ0) is 18.6. The minimum Gasteiger partial charge on any atom is -0.497 e. The number of aromatic nitrogens is 4. The lowest BCUT2D eigenvalue weighted by atomic mass is 10.1. The molecule has 0 radical (unpaired) electrons. The van der Waals surface area contributed by atoms with E-state index in [0.29, 0.717) is 5.82 Å². The summed E-state index contributed by atoms with van der Waals surface area (Å²) in [4.78, 5) is 13.4. The number of fused-ring (bicyclic) bond motifs is 1. The van der Waals surface area contributed by atoms with Crippen molar-refractivity contribution < 1.29 is 9.30 Å². The maximum Gasteiger partial charge on any atom is 0.294 e. The fourth-order valence-electron chi connectivity index (χ4n) is 2.86. The lowest BCUT2D eigenvalue weighted by molar-refractivity contribution is -0.675. The first-order valence-corrected chi connectivity index (χ1v) is 9.44. The number of anilines is 1. The highest BCUT2D eigenvalue weighted by molar-refractivity contribution is 7.99. The predicted octanol–water partition coefficient (Wildman–Crippen LogP) is 3.23. The molecule has 4 aromatic rings. The summed E-state index contributed by atoms with van der Waals surface area (Å²) in [6.07, 6.45) is 2.65. The number of aryl methyl sites for hydroxylation is 2. The van der Waals surface area contributed by atoms with Gasteiger partial charge in [-0.3, -0.25) is 0 Å². The third-order valence-electron chi connectivity index (χ3n) is 4.27. The van der Waals surface area contributed by atoms with Crippen molar-refractivity contribution in [2.24, 2.45) is 0 Å². The van der Waals surface area contributed by atoms with Crippen LogP contribution in [0, 0.1) is 0 Å². The molecule has 27 heavy (non-hydrogen) atoms. The second-order valence-corrected chi connectivity index (χ2v) is 7.14. The Morgan fingerprint density at radius 2 is 2.00 bits per heavy atom. The molecule has 0 unspecified atom stereocenters. The Labute approximate surface area is 161 Å². The van der Waals surface area contributed by atoms with Gasteiger partial charge in [0, 0.05) is 11.3 Å². The Hall–Kier alpha value is -3.06. The molecule has 3 N–H and O–H groups in total. The molecule has 0 amide bonds. The normalized spacial score (nSPS) is 11.0. The van der Waals surface area contributed by atoms with Gasteiger partial charge < -0.3 is 15.5 Å². The smallest absolute Gasteiger partial charge is 0.294 e. The van der Waals surface area contributed by atoms with Crippen LogP contribution in [0.3, 0.4) is 0 Å². The van der Waals surface area contributed by atoms with Gasteiger partial charge in [0.05, 0.1) is 13.7 Å². The van der Waals surface area contributed by atoms with Crippen molar-refractivity contribution >= 4 is 28.7 Å². The van der Waals surface area contributed by atoms with Crippen molar-refractivity contribution in [1.82, 2.24) is 15.0 Å². The number of rotatable bonds is 6. The Morgan fingerprint density at radius 3 is 2.81 bits per heavy atom. The van der Waals surface area contributed by atoms with Crippen LogP contribution < -0.4 is 15.0 Å². The molecule has 0 spiro atoms. The van der Waals surface area contributed by atoms with E-state index in [9.17, 15) is 0 Å². The highest BCUT2D eigenvalue weighted by Crippen LogP contribution is 2.29. The van der Waals surface area contributed by atoms with Gasteiger partial charge >= 0.3 is 0 Å². The highest BCUT2D eigenvalue weighted by atomic mass is 32.2. The summed E-state index contributed by atoms with van der Waals surface area (Å²) in [5.74, 6) is 1.26. The van der Waals surface area contributed by atoms with E-state index in [1.54, 1.807) is 13.4 Å². The van der Waals surface area contributed by atoms with Crippen molar-refractivity contribution in [3.8, 4) is 5.75 Å². The monoisotopic (exact) mass is 378 g/mol.